The van der Waals surface area contributed by atoms with Gasteiger partial charge in [0.2, 0.25) is 0 Å². The number of benzene rings is 1. The Balaban J connectivity index is 1.48. The van der Waals surface area contributed by atoms with Gasteiger partial charge in [-0.3, -0.25) is 0 Å². The smallest absolute Gasteiger partial charge is 0.130 e. The van der Waals surface area contributed by atoms with Gasteiger partial charge in [-0.05, 0) is 79.8 Å². The number of fused-ring (bicyclic) bond motifs is 5. The molecule has 0 amide bonds. The number of halogens is 1. The molecule has 0 aliphatic heterocycles. The maximum atomic E-state index is 14.2. The van der Waals surface area contributed by atoms with Crippen molar-refractivity contribution in [3.8, 4) is 0 Å². The molecule has 0 heterocycles. The van der Waals surface area contributed by atoms with Crippen LogP contribution in [0.15, 0.2) is 41.5 Å². The maximum Gasteiger partial charge on any atom is 0.130 e. The minimum atomic E-state index is -0.487. The Kier molecular flexibility index (Phi) is 4.56. The fourth-order valence-electron chi connectivity index (χ4n) is 7.43. The first-order valence-electron chi connectivity index (χ1n) is 11.3. The van der Waals surface area contributed by atoms with Crippen LogP contribution in [0.3, 0.4) is 0 Å². The van der Waals surface area contributed by atoms with Crippen molar-refractivity contribution < 1.29 is 14.6 Å². The lowest BCUT2D eigenvalue weighted by atomic mass is 9.48. The fourth-order valence-corrected chi connectivity index (χ4v) is 7.43. The summed E-state index contributed by atoms with van der Waals surface area (Å²) in [5, 5.41) is 21.4. The molecule has 0 saturated heterocycles. The second kappa shape index (κ2) is 6.78. The summed E-state index contributed by atoms with van der Waals surface area (Å²) in [7, 11) is 0. The summed E-state index contributed by atoms with van der Waals surface area (Å²) in [4.78, 5) is 0. The SMILES string of the molecule is C[C@]12CC[C@@H]3[C@H](CC=C4C[C@@H](O)CC[C@@]43C)[C@H]1C/C(=C/c1ccccc1F)[C@@H]2O. The number of aliphatic hydroxyl groups excluding tert-OH is 2. The third-order valence-corrected chi connectivity index (χ3v) is 9.19. The summed E-state index contributed by atoms with van der Waals surface area (Å²) in [5.41, 5.74) is 3.14. The van der Waals surface area contributed by atoms with Crippen LogP contribution in [0.5, 0.6) is 0 Å². The molecule has 3 heteroatoms. The molecule has 0 bridgehead atoms. The quantitative estimate of drug-likeness (QED) is 0.615. The molecule has 1 aromatic rings. The van der Waals surface area contributed by atoms with Gasteiger partial charge in [-0.2, -0.15) is 0 Å². The maximum absolute atomic E-state index is 14.2. The molecule has 4 aliphatic carbocycles. The van der Waals surface area contributed by atoms with E-state index in [4.69, 9.17) is 0 Å². The van der Waals surface area contributed by atoms with Crippen LogP contribution < -0.4 is 0 Å². The fraction of sp³-hybridized carbons (Fsp3) is 0.615. The van der Waals surface area contributed by atoms with E-state index in [2.05, 4.69) is 19.9 Å². The Labute approximate surface area is 173 Å². The van der Waals surface area contributed by atoms with Gasteiger partial charge in [-0.1, -0.05) is 49.8 Å². The van der Waals surface area contributed by atoms with E-state index >= 15 is 0 Å². The molecule has 0 spiro atoms. The zero-order valence-corrected chi connectivity index (χ0v) is 17.6. The molecule has 2 nitrogen and oxygen atoms in total. The lowest BCUT2D eigenvalue weighted by Crippen LogP contribution is -2.51. The van der Waals surface area contributed by atoms with Crippen molar-refractivity contribution in [3.63, 3.8) is 0 Å². The number of aliphatic hydroxyl groups is 2. The first kappa shape index (κ1) is 19.5. The summed E-state index contributed by atoms with van der Waals surface area (Å²) >= 11 is 0. The first-order chi connectivity index (χ1) is 13.8. The topological polar surface area (TPSA) is 40.5 Å². The van der Waals surface area contributed by atoms with E-state index in [0.717, 1.165) is 50.5 Å². The molecule has 0 unspecified atom stereocenters. The summed E-state index contributed by atoms with van der Waals surface area (Å²) in [6.45, 7) is 4.68. The molecule has 156 valence electrons. The van der Waals surface area contributed by atoms with Gasteiger partial charge < -0.3 is 10.2 Å². The number of rotatable bonds is 1. The van der Waals surface area contributed by atoms with Crippen molar-refractivity contribution in [2.75, 3.05) is 0 Å². The van der Waals surface area contributed by atoms with Crippen LogP contribution in [-0.2, 0) is 0 Å². The highest BCUT2D eigenvalue weighted by Crippen LogP contribution is 2.65. The molecule has 5 rings (SSSR count). The summed E-state index contributed by atoms with van der Waals surface area (Å²) in [6, 6.07) is 6.85. The Morgan fingerprint density at radius 3 is 2.62 bits per heavy atom. The van der Waals surface area contributed by atoms with Crippen LogP contribution in [0, 0.1) is 34.4 Å². The van der Waals surface area contributed by atoms with E-state index in [9.17, 15) is 14.6 Å². The molecule has 0 aromatic heterocycles. The van der Waals surface area contributed by atoms with Gasteiger partial charge in [0.25, 0.3) is 0 Å². The normalized spacial score (nSPS) is 45.3. The largest absolute Gasteiger partial charge is 0.393 e. The van der Waals surface area contributed by atoms with Crippen molar-refractivity contribution in [3.05, 3.63) is 52.9 Å². The molecule has 1 aromatic carbocycles. The van der Waals surface area contributed by atoms with Crippen LogP contribution in [0.25, 0.3) is 6.08 Å². The van der Waals surface area contributed by atoms with Gasteiger partial charge in [0.15, 0.2) is 0 Å². The van der Waals surface area contributed by atoms with Gasteiger partial charge in [0.1, 0.15) is 5.82 Å². The molecule has 4 aliphatic rings. The Hall–Kier alpha value is -1.45. The van der Waals surface area contributed by atoms with Gasteiger partial charge in [-0.25, -0.2) is 4.39 Å². The summed E-state index contributed by atoms with van der Waals surface area (Å²) < 4.78 is 14.2. The molecule has 3 saturated carbocycles. The zero-order valence-electron chi connectivity index (χ0n) is 17.6. The van der Waals surface area contributed by atoms with E-state index in [1.165, 1.54) is 11.6 Å². The van der Waals surface area contributed by atoms with Gasteiger partial charge in [0.05, 0.1) is 12.2 Å². The Morgan fingerprint density at radius 1 is 1.03 bits per heavy atom. The minimum Gasteiger partial charge on any atom is -0.393 e. The minimum absolute atomic E-state index is 0.117. The van der Waals surface area contributed by atoms with E-state index in [1.807, 2.05) is 12.1 Å². The summed E-state index contributed by atoms with van der Waals surface area (Å²) in [5.74, 6) is 1.42. The van der Waals surface area contributed by atoms with Crippen LogP contribution in [-0.4, -0.2) is 22.4 Å². The third kappa shape index (κ3) is 2.88. The van der Waals surface area contributed by atoms with Gasteiger partial charge in [-0.15, -0.1) is 0 Å². The number of hydrogen-bond donors (Lipinski definition) is 2. The average molecular weight is 397 g/mol. The standard InChI is InChI=1S/C26H33FO2/c1-25-11-9-19(28)15-18(25)7-8-20-21(25)10-12-26(2)22(20)14-17(24(26)29)13-16-5-3-4-6-23(16)27/h3-7,13,19-22,24,28-29H,8-12,14-15H2,1-2H3/b17-13-/t19-,20-,21+,22+,24-,25-,26-/m0/s1. The number of hydrogen-bond acceptors (Lipinski definition) is 2. The van der Waals surface area contributed by atoms with Gasteiger partial charge >= 0.3 is 0 Å². The molecule has 0 radical (unpaired) electrons. The molecule has 29 heavy (non-hydrogen) atoms. The lowest BCUT2D eigenvalue weighted by Gasteiger charge is -2.57. The monoisotopic (exact) mass is 396 g/mol. The highest BCUT2D eigenvalue weighted by atomic mass is 19.1. The second-order valence-electron chi connectivity index (χ2n) is 10.5. The van der Waals surface area contributed by atoms with Crippen molar-refractivity contribution in [2.45, 2.75) is 71.0 Å². The van der Waals surface area contributed by atoms with Crippen molar-refractivity contribution in [1.82, 2.24) is 0 Å². The second-order valence-corrected chi connectivity index (χ2v) is 10.5. The third-order valence-electron chi connectivity index (χ3n) is 9.19. The van der Waals surface area contributed by atoms with E-state index < -0.39 is 6.10 Å². The predicted octanol–water partition coefficient (Wildman–Crippen LogP) is 5.50. The highest BCUT2D eigenvalue weighted by molar-refractivity contribution is 5.56. The highest BCUT2D eigenvalue weighted by Gasteiger charge is 2.59. The molecule has 7 atom stereocenters. The van der Waals surface area contributed by atoms with Crippen LogP contribution in [0.2, 0.25) is 0 Å². The summed E-state index contributed by atoms with van der Waals surface area (Å²) in [6.07, 6.45) is 10.6. The van der Waals surface area contributed by atoms with Crippen LogP contribution >= 0.6 is 0 Å². The van der Waals surface area contributed by atoms with Crippen LogP contribution in [0.4, 0.5) is 4.39 Å². The van der Waals surface area contributed by atoms with Crippen molar-refractivity contribution >= 4 is 6.08 Å². The predicted molar refractivity (Wildman–Crippen MR) is 113 cm³/mol. The lowest BCUT2D eigenvalue weighted by molar-refractivity contribution is -0.0685. The van der Waals surface area contributed by atoms with E-state index in [0.29, 0.717) is 23.3 Å². The van der Waals surface area contributed by atoms with Crippen molar-refractivity contribution in [1.29, 1.82) is 0 Å². The van der Waals surface area contributed by atoms with Gasteiger partial charge in [0, 0.05) is 11.0 Å². The van der Waals surface area contributed by atoms with Crippen LogP contribution in [0.1, 0.15) is 64.4 Å². The van der Waals surface area contributed by atoms with E-state index in [-0.39, 0.29) is 22.8 Å². The molecule has 2 N–H and O–H groups in total. The number of allylic oxidation sites excluding steroid dienone is 1. The average Bonchev–Trinajstić information content (AvgIpc) is 2.95. The Morgan fingerprint density at radius 2 is 1.83 bits per heavy atom. The zero-order chi connectivity index (χ0) is 20.4. The molecular weight excluding hydrogens is 363 g/mol. The first-order valence-corrected chi connectivity index (χ1v) is 11.3. The molecular formula is C26H33FO2. The van der Waals surface area contributed by atoms with E-state index in [1.54, 1.807) is 12.1 Å². The Bertz CT molecular complexity index is 873. The van der Waals surface area contributed by atoms with Crippen molar-refractivity contribution in [2.24, 2.45) is 28.6 Å². The molecule has 3 fully saturated rings.